The van der Waals surface area contributed by atoms with Gasteiger partial charge in [0.05, 0.1) is 29.6 Å². The highest BCUT2D eigenvalue weighted by Crippen LogP contribution is 2.31. The van der Waals surface area contributed by atoms with Crippen molar-refractivity contribution in [1.29, 1.82) is 0 Å². The second-order valence-electron chi connectivity index (χ2n) is 8.88. The standard InChI is InChI=1S/C27H28F3N3O6/c1-3-4-5-23-31-14-22(33(23)32-13-16(2)34)24(26(37)38)17-7-10-20(11-8-17)39-15-18-6-9-19(27(28,29)30)12-21(18)25(35)36/h6-12,14,24,32H,3-5,13,15H2,1-2H3,(H,35,36)(H,37,38). The Morgan fingerprint density at radius 1 is 1.10 bits per heavy atom. The maximum Gasteiger partial charge on any atom is 0.416 e. The number of rotatable bonds is 13. The number of unbranched alkanes of at least 4 members (excludes halogenated alkanes) is 1. The Bertz CT molecular complexity index is 1340. The first kappa shape index (κ1) is 29.2. The Morgan fingerprint density at radius 3 is 2.36 bits per heavy atom. The van der Waals surface area contributed by atoms with Crippen molar-refractivity contribution in [1.82, 2.24) is 9.66 Å². The Kier molecular flexibility index (Phi) is 9.33. The van der Waals surface area contributed by atoms with Crippen LogP contribution in [0.15, 0.2) is 48.7 Å². The lowest BCUT2D eigenvalue weighted by molar-refractivity contribution is -0.138. The lowest BCUT2D eigenvalue weighted by atomic mass is 9.96. The van der Waals surface area contributed by atoms with E-state index in [1.54, 1.807) is 0 Å². The van der Waals surface area contributed by atoms with Crippen LogP contribution in [0.1, 0.15) is 71.2 Å². The van der Waals surface area contributed by atoms with Crippen LogP contribution < -0.4 is 10.2 Å². The average molecular weight is 548 g/mol. The first-order valence-corrected chi connectivity index (χ1v) is 12.1. The van der Waals surface area contributed by atoms with Gasteiger partial charge in [-0.05, 0) is 43.2 Å². The maximum atomic E-state index is 13.0. The third-order valence-electron chi connectivity index (χ3n) is 5.92. The first-order chi connectivity index (χ1) is 18.4. The average Bonchev–Trinajstić information content (AvgIpc) is 3.26. The fraction of sp³-hybridized carbons (Fsp3) is 0.333. The zero-order chi connectivity index (χ0) is 28.7. The van der Waals surface area contributed by atoms with Crippen LogP contribution >= 0.6 is 0 Å². The van der Waals surface area contributed by atoms with Crippen LogP contribution in [0.4, 0.5) is 13.2 Å². The van der Waals surface area contributed by atoms with E-state index in [-0.39, 0.29) is 30.2 Å². The van der Waals surface area contributed by atoms with Crippen molar-refractivity contribution in [2.45, 2.75) is 51.8 Å². The van der Waals surface area contributed by atoms with Crippen LogP contribution in [0, 0.1) is 0 Å². The molecule has 0 amide bonds. The molecule has 0 radical (unpaired) electrons. The summed E-state index contributed by atoms with van der Waals surface area (Å²) < 4.78 is 46.0. The summed E-state index contributed by atoms with van der Waals surface area (Å²) in [5.41, 5.74) is 2.11. The second-order valence-corrected chi connectivity index (χ2v) is 8.88. The number of nitrogens with one attached hydrogen (secondary N) is 1. The quantitative estimate of drug-likeness (QED) is 0.276. The number of Topliss-reactive ketones (excluding diaryl/α,β-unsaturated/α-hetero) is 1. The number of halogens is 3. The van der Waals surface area contributed by atoms with E-state index in [0.29, 0.717) is 29.6 Å². The van der Waals surface area contributed by atoms with Crippen molar-refractivity contribution in [2.24, 2.45) is 0 Å². The van der Waals surface area contributed by atoms with Crippen molar-refractivity contribution >= 4 is 17.7 Å². The molecule has 2 aromatic carbocycles. The molecule has 39 heavy (non-hydrogen) atoms. The number of ketones is 1. The fourth-order valence-corrected chi connectivity index (χ4v) is 3.93. The molecule has 0 bridgehead atoms. The molecule has 0 spiro atoms. The molecule has 0 fully saturated rings. The van der Waals surface area contributed by atoms with Gasteiger partial charge in [-0.25, -0.2) is 14.5 Å². The Labute approximate surface area is 222 Å². The predicted molar refractivity (Wildman–Crippen MR) is 134 cm³/mol. The van der Waals surface area contributed by atoms with Crippen molar-refractivity contribution in [3.63, 3.8) is 0 Å². The third-order valence-corrected chi connectivity index (χ3v) is 5.92. The van der Waals surface area contributed by atoms with Crippen molar-refractivity contribution in [3.8, 4) is 5.75 Å². The number of aromatic carboxylic acids is 1. The summed E-state index contributed by atoms with van der Waals surface area (Å²) in [5.74, 6) is -3.07. The van der Waals surface area contributed by atoms with Crippen LogP contribution in [0.2, 0.25) is 0 Å². The lowest BCUT2D eigenvalue weighted by Gasteiger charge is -2.19. The number of alkyl halides is 3. The molecule has 0 aliphatic carbocycles. The number of carboxylic acids is 2. The monoisotopic (exact) mass is 547 g/mol. The van der Waals surface area contributed by atoms with E-state index in [1.165, 1.54) is 42.1 Å². The number of aryl methyl sites for hydroxylation is 1. The normalized spacial score (nSPS) is 12.1. The number of hydrogen-bond acceptors (Lipinski definition) is 6. The number of nitrogens with zero attached hydrogens (tertiary/aromatic N) is 2. The molecule has 3 N–H and O–H groups in total. The van der Waals surface area contributed by atoms with Gasteiger partial charge in [0, 0.05) is 12.0 Å². The molecular formula is C27H28F3N3O6. The van der Waals surface area contributed by atoms with E-state index < -0.39 is 35.2 Å². The number of ether oxygens (including phenoxy) is 1. The molecule has 0 saturated carbocycles. The van der Waals surface area contributed by atoms with Gasteiger partial charge in [0.2, 0.25) is 0 Å². The van der Waals surface area contributed by atoms with E-state index in [1.807, 2.05) is 6.92 Å². The Hall–Kier alpha value is -4.35. The van der Waals surface area contributed by atoms with Gasteiger partial charge in [0.1, 0.15) is 29.9 Å². The van der Waals surface area contributed by atoms with E-state index in [9.17, 15) is 37.8 Å². The van der Waals surface area contributed by atoms with Gasteiger partial charge in [0.15, 0.2) is 0 Å². The first-order valence-electron chi connectivity index (χ1n) is 12.1. The number of carbonyl (C=O) groups excluding carboxylic acids is 1. The SMILES string of the molecule is CCCCc1ncc(C(C(=O)O)c2ccc(OCc3ccc(C(F)(F)F)cc3C(=O)O)cc2)n1NCC(C)=O. The van der Waals surface area contributed by atoms with Gasteiger partial charge in [-0.1, -0.05) is 31.5 Å². The van der Waals surface area contributed by atoms with Crippen LogP contribution in [0.5, 0.6) is 5.75 Å². The highest BCUT2D eigenvalue weighted by molar-refractivity contribution is 5.89. The summed E-state index contributed by atoms with van der Waals surface area (Å²) in [6.07, 6.45) is -0.917. The van der Waals surface area contributed by atoms with Crippen LogP contribution in [-0.4, -0.2) is 44.1 Å². The summed E-state index contributed by atoms with van der Waals surface area (Å²) in [5, 5.41) is 19.4. The largest absolute Gasteiger partial charge is 0.489 e. The summed E-state index contributed by atoms with van der Waals surface area (Å²) in [7, 11) is 0. The summed E-state index contributed by atoms with van der Waals surface area (Å²) in [4.78, 5) is 39.7. The topological polar surface area (TPSA) is 131 Å². The molecule has 1 atom stereocenters. The fourth-order valence-electron chi connectivity index (χ4n) is 3.93. The number of benzene rings is 2. The zero-order valence-corrected chi connectivity index (χ0v) is 21.3. The van der Waals surface area contributed by atoms with Gasteiger partial charge in [-0.15, -0.1) is 0 Å². The van der Waals surface area contributed by atoms with Gasteiger partial charge >= 0.3 is 18.1 Å². The third kappa shape index (κ3) is 7.37. The highest BCUT2D eigenvalue weighted by atomic mass is 19.4. The highest BCUT2D eigenvalue weighted by Gasteiger charge is 2.32. The maximum absolute atomic E-state index is 13.0. The van der Waals surface area contributed by atoms with E-state index in [4.69, 9.17) is 4.74 Å². The number of aromatic nitrogens is 2. The molecule has 0 saturated heterocycles. The second kappa shape index (κ2) is 12.5. The minimum atomic E-state index is -4.69. The molecule has 3 rings (SSSR count). The van der Waals surface area contributed by atoms with E-state index in [2.05, 4.69) is 10.4 Å². The molecule has 12 heteroatoms. The van der Waals surface area contributed by atoms with Gasteiger partial charge < -0.3 is 20.4 Å². The molecular weight excluding hydrogens is 519 g/mol. The van der Waals surface area contributed by atoms with Crippen molar-refractivity contribution < 1.29 is 42.5 Å². The molecule has 1 unspecified atom stereocenters. The number of hydrogen-bond donors (Lipinski definition) is 3. The summed E-state index contributed by atoms with van der Waals surface area (Å²) in [6.45, 7) is 3.10. The van der Waals surface area contributed by atoms with Crippen molar-refractivity contribution in [3.05, 3.63) is 82.4 Å². The molecule has 3 aromatic rings. The van der Waals surface area contributed by atoms with E-state index >= 15 is 0 Å². The van der Waals surface area contributed by atoms with Gasteiger partial charge in [0.25, 0.3) is 0 Å². The molecule has 1 heterocycles. The molecule has 1 aromatic heterocycles. The van der Waals surface area contributed by atoms with Crippen molar-refractivity contribution in [2.75, 3.05) is 12.0 Å². The zero-order valence-electron chi connectivity index (χ0n) is 21.3. The van der Waals surface area contributed by atoms with Gasteiger partial charge in [-0.3, -0.25) is 9.59 Å². The summed E-state index contributed by atoms with van der Waals surface area (Å²) in [6, 6.07) is 8.39. The van der Waals surface area contributed by atoms with Gasteiger partial charge in [-0.2, -0.15) is 13.2 Å². The number of imidazole rings is 1. The van der Waals surface area contributed by atoms with Crippen LogP contribution in [0.25, 0.3) is 0 Å². The minimum absolute atomic E-state index is 0.0100. The molecule has 0 aliphatic heterocycles. The molecule has 208 valence electrons. The predicted octanol–water partition coefficient (Wildman–Crippen LogP) is 4.87. The number of carbonyl (C=O) groups is 3. The van der Waals surface area contributed by atoms with Crippen LogP contribution in [0.3, 0.4) is 0 Å². The smallest absolute Gasteiger partial charge is 0.416 e. The minimum Gasteiger partial charge on any atom is -0.489 e. The molecule has 9 nitrogen and oxygen atoms in total. The number of carboxylic acid groups (broad SMARTS) is 2. The van der Waals surface area contributed by atoms with Crippen LogP contribution in [-0.2, 0) is 28.8 Å². The van der Waals surface area contributed by atoms with E-state index in [0.717, 1.165) is 25.0 Å². The Balaban J connectivity index is 1.84. The summed E-state index contributed by atoms with van der Waals surface area (Å²) >= 11 is 0. The molecule has 0 aliphatic rings. The number of aliphatic carboxylic acids is 1. The lowest BCUT2D eigenvalue weighted by Crippen LogP contribution is -2.27. The Morgan fingerprint density at radius 2 is 1.79 bits per heavy atom.